The summed E-state index contributed by atoms with van der Waals surface area (Å²) in [5, 5.41) is 3.20. The van der Waals surface area contributed by atoms with E-state index in [1.165, 1.54) is 11.3 Å². The van der Waals surface area contributed by atoms with Gasteiger partial charge in [-0.05, 0) is 80.6 Å². The number of methoxy groups -OCH3 is 1. The maximum absolute atomic E-state index is 12.7. The van der Waals surface area contributed by atoms with Gasteiger partial charge in [0.15, 0.2) is 6.61 Å². The fraction of sp³-hybridized carbons (Fsp3) is 0.286. The molecule has 38 heavy (non-hydrogen) atoms. The number of nitrogens with one attached hydrogen (secondary N) is 2. The van der Waals surface area contributed by atoms with Crippen molar-refractivity contribution in [2.45, 2.75) is 32.6 Å². The summed E-state index contributed by atoms with van der Waals surface area (Å²) in [7, 11) is 1.61. The summed E-state index contributed by atoms with van der Waals surface area (Å²) in [6.07, 6.45) is 3.68. The number of rotatable bonds is 8. The number of aromatic amines is 1. The number of esters is 2. The van der Waals surface area contributed by atoms with Gasteiger partial charge in [0.25, 0.3) is 5.91 Å². The molecule has 2 aromatic heterocycles. The van der Waals surface area contributed by atoms with Crippen molar-refractivity contribution in [3.63, 3.8) is 0 Å². The van der Waals surface area contributed by atoms with Crippen molar-refractivity contribution in [1.29, 1.82) is 0 Å². The summed E-state index contributed by atoms with van der Waals surface area (Å²) in [5.41, 5.74) is 3.89. The molecule has 2 heterocycles. The molecule has 0 saturated heterocycles. The highest BCUT2D eigenvalue weighted by atomic mass is 32.1. The predicted molar refractivity (Wildman–Crippen MR) is 144 cm³/mol. The molecule has 2 aromatic carbocycles. The Morgan fingerprint density at radius 1 is 1.03 bits per heavy atom. The van der Waals surface area contributed by atoms with E-state index in [4.69, 9.17) is 14.2 Å². The first-order chi connectivity index (χ1) is 18.5. The molecule has 5 rings (SSSR count). The Morgan fingerprint density at radius 3 is 2.58 bits per heavy atom. The molecule has 0 atom stereocenters. The van der Waals surface area contributed by atoms with E-state index in [0.717, 1.165) is 47.4 Å². The molecule has 2 N–H and O–H groups in total. The molecule has 1 aliphatic rings. The smallest absolute Gasteiger partial charge is 0.341 e. The van der Waals surface area contributed by atoms with Gasteiger partial charge in [0.2, 0.25) is 0 Å². The van der Waals surface area contributed by atoms with Crippen LogP contribution in [0.1, 0.15) is 50.9 Å². The van der Waals surface area contributed by atoms with E-state index in [1.54, 1.807) is 32.2 Å². The third-order valence-corrected chi connectivity index (χ3v) is 7.53. The number of hydrogen-bond acceptors (Lipinski definition) is 8. The zero-order valence-electron chi connectivity index (χ0n) is 21.1. The van der Waals surface area contributed by atoms with Gasteiger partial charge in [-0.1, -0.05) is 0 Å². The summed E-state index contributed by atoms with van der Waals surface area (Å²) < 4.78 is 15.7. The van der Waals surface area contributed by atoms with Gasteiger partial charge in [-0.25, -0.2) is 14.6 Å². The average molecular weight is 534 g/mol. The number of nitrogens with zero attached hydrogens (tertiary/aromatic N) is 1. The molecule has 9 nitrogen and oxygen atoms in total. The van der Waals surface area contributed by atoms with E-state index in [0.29, 0.717) is 27.4 Å². The molecule has 0 bridgehead atoms. The van der Waals surface area contributed by atoms with Crippen LogP contribution in [-0.2, 0) is 27.1 Å². The van der Waals surface area contributed by atoms with Crippen LogP contribution in [0.5, 0.6) is 5.75 Å². The number of carbonyl (C=O) groups is 3. The molecule has 0 unspecified atom stereocenters. The van der Waals surface area contributed by atoms with Gasteiger partial charge in [-0.3, -0.25) is 4.79 Å². The molecule has 1 amide bonds. The Morgan fingerprint density at radius 2 is 1.82 bits per heavy atom. The molecule has 0 aliphatic heterocycles. The number of ether oxygens (including phenoxy) is 3. The second-order valence-corrected chi connectivity index (χ2v) is 9.91. The van der Waals surface area contributed by atoms with Gasteiger partial charge in [-0.2, -0.15) is 0 Å². The number of amides is 1. The fourth-order valence-corrected chi connectivity index (χ4v) is 5.77. The van der Waals surface area contributed by atoms with E-state index < -0.39 is 24.5 Å². The number of thiophene rings is 1. The van der Waals surface area contributed by atoms with E-state index in [1.807, 2.05) is 24.3 Å². The van der Waals surface area contributed by atoms with Crippen LogP contribution in [-0.4, -0.2) is 48.1 Å². The zero-order valence-corrected chi connectivity index (χ0v) is 21.9. The molecule has 196 valence electrons. The minimum absolute atomic E-state index is 0.247. The fourth-order valence-electron chi connectivity index (χ4n) is 4.47. The third kappa shape index (κ3) is 5.26. The van der Waals surface area contributed by atoms with Gasteiger partial charge in [0.05, 0.1) is 35.9 Å². The first-order valence-electron chi connectivity index (χ1n) is 12.4. The van der Waals surface area contributed by atoms with Gasteiger partial charge in [-0.15, -0.1) is 11.3 Å². The highest BCUT2D eigenvalue weighted by Gasteiger charge is 2.27. The van der Waals surface area contributed by atoms with Gasteiger partial charge in [0.1, 0.15) is 16.6 Å². The van der Waals surface area contributed by atoms with Crippen molar-refractivity contribution in [2.75, 3.05) is 25.6 Å². The summed E-state index contributed by atoms with van der Waals surface area (Å²) >= 11 is 1.39. The van der Waals surface area contributed by atoms with Crippen LogP contribution >= 0.6 is 11.3 Å². The van der Waals surface area contributed by atoms with Crippen LogP contribution in [0.25, 0.3) is 22.4 Å². The lowest BCUT2D eigenvalue weighted by Gasteiger charge is -2.12. The number of anilines is 1. The SMILES string of the molecule is CCOC(=O)c1c(NC(=O)COC(=O)c2ccc3nc(-c4ccc(OC)cc4)[nH]c3c2)sc2c1CCCC2. The quantitative estimate of drug-likeness (QED) is 0.301. The number of aryl methyl sites for hydroxylation is 1. The highest BCUT2D eigenvalue weighted by Crippen LogP contribution is 2.38. The number of carbonyl (C=O) groups excluding carboxylic acids is 3. The van der Waals surface area contributed by atoms with E-state index >= 15 is 0 Å². The number of imidazole rings is 1. The largest absolute Gasteiger partial charge is 0.497 e. The van der Waals surface area contributed by atoms with Crippen molar-refractivity contribution in [3.05, 3.63) is 64.0 Å². The molecule has 0 radical (unpaired) electrons. The van der Waals surface area contributed by atoms with Crippen molar-refractivity contribution < 1.29 is 28.6 Å². The van der Waals surface area contributed by atoms with Crippen LogP contribution in [0.2, 0.25) is 0 Å². The van der Waals surface area contributed by atoms with Crippen LogP contribution in [0.4, 0.5) is 5.00 Å². The number of hydrogen-bond donors (Lipinski definition) is 2. The first-order valence-corrected chi connectivity index (χ1v) is 13.2. The standard InChI is InChI=1S/C28H27N3O6S/c1-3-36-28(34)24-19-6-4-5-7-22(19)38-26(24)31-23(32)15-37-27(33)17-10-13-20-21(14-17)30-25(29-20)16-8-11-18(35-2)12-9-16/h8-14H,3-7,15H2,1-2H3,(H,29,30)(H,31,32). The Kier molecular flexibility index (Phi) is 7.41. The minimum atomic E-state index is -0.640. The monoisotopic (exact) mass is 533 g/mol. The number of aromatic nitrogens is 2. The third-order valence-electron chi connectivity index (χ3n) is 6.32. The van der Waals surface area contributed by atoms with Gasteiger partial charge in [0, 0.05) is 10.4 Å². The minimum Gasteiger partial charge on any atom is -0.497 e. The molecule has 10 heteroatoms. The zero-order chi connectivity index (χ0) is 26.6. The van der Waals surface area contributed by atoms with Crippen LogP contribution < -0.4 is 10.1 Å². The Labute approximate surface area is 223 Å². The van der Waals surface area contributed by atoms with Crippen molar-refractivity contribution >= 4 is 45.2 Å². The Balaban J connectivity index is 1.25. The molecule has 4 aromatic rings. The molecular formula is C28H27N3O6S. The molecule has 0 saturated carbocycles. The van der Waals surface area contributed by atoms with Crippen LogP contribution in [0.15, 0.2) is 42.5 Å². The van der Waals surface area contributed by atoms with Crippen molar-refractivity contribution in [1.82, 2.24) is 9.97 Å². The summed E-state index contributed by atoms with van der Waals surface area (Å²) in [5.74, 6) is -0.204. The molecule has 1 aliphatic carbocycles. The molecule has 0 fully saturated rings. The van der Waals surface area contributed by atoms with E-state index in [-0.39, 0.29) is 12.2 Å². The van der Waals surface area contributed by atoms with Gasteiger partial charge < -0.3 is 24.5 Å². The average Bonchev–Trinajstić information content (AvgIpc) is 3.52. The second kappa shape index (κ2) is 11.1. The van der Waals surface area contributed by atoms with Crippen LogP contribution in [0, 0.1) is 0 Å². The van der Waals surface area contributed by atoms with Crippen molar-refractivity contribution in [3.8, 4) is 17.1 Å². The highest BCUT2D eigenvalue weighted by molar-refractivity contribution is 7.17. The Hall–Kier alpha value is -4.18. The first kappa shape index (κ1) is 25.5. The Bertz CT molecular complexity index is 1510. The molecule has 0 spiro atoms. The summed E-state index contributed by atoms with van der Waals surface area (Å²) in [6.45, 7) is 1.51. The van der Waals surface area contributed by atoms with E-state index in [9.17, 15) is 14.4 Å². The lowest BCUT2D eigenvalue weighted by molar-refractivity contribution is -0.119. The normalized spacial score (nSPS) is 12.6. The summed E-state index contributed by atoms with van der Waals surface area (Å²) in [4.78, 5) is 46.8. The van der Waals surface area contributed by atoms with Crippen molar-refractivity contribution in [2.24, 2.45) is 0 Å². The number of benzene rings is 2. The van der Waals surface area contributed by atoms with E-state index in [2.05, 4.69) is 15.3 Å². The lowest BCUT2D eigenvalue weighted by atomic mass is 9.95. The lowest BCUT2D eigenvalue weighted by Crippen LogP contribution is -2.22. The summed E-state index contributed by atoms with van der Waals surface area (Å²) in [6, 6.07) is 12.4. The van der Waals surface area contributed by atoms with Gasteiger partial charge >= 0.3 is 11.9 Å². The number of fused-ring (bicyclic) bond motifs is 2. The topological polar surface area (TPSA) is 120 Å². The maximum atomic E-state index is 12.7. The predicted octanol–water partition coefficient (Wildman–Crippen LogP) is 5.15. The van der Waals surface area contributed by atoms with Crippen LogP contribution in [0.3, 0.4) is 0 Å². The molecular weight excluding hydrogens is 506 g/mol. The maximum Gasteiger partial charge on any atom is 0.341 e. The number of H-pyrrole nitrogens is 1. The second-order valence-electron chi connectivity index (χ2n) is 8.81.